The fourth-order valence-electron chi connectivity index (χ4n) is 1.71. The first-order valence-electron chi connectivity index (χ1n) is 6.48. The number of benzene rings is 1. The van der Waals surface area contributed by atoms with E-state index < -0.39 is 22.1 Å². The van der Waals surface area contributed by atoms with Gasteiger partial charge in [-0.1, -0.05) is 0 Å². The summed E-state index contributed by atoms with van der Waals surface area (Å²) in [4.78, 5) is 14.6. The Labute approximate surface area is 130 Å². The summed E-state index contributed by atoms with van der Waals surface area (Å²) in [6.07, 6.45) is -4.23. The second kappa shape index (κ2) is 6.44. The molecule has 1 aromatic rings. The zero-order chi connectivity index (χ0) is 17.1. The largest absolute Gasteiger partial charge is 0.471 e. The predicted octanol–water partition coefficient (Wildman–Crippen LogP) is 0.815. The van der Waals surface area contributed by atoms with Crippen molar-refractivity contribution in [3.8, 4) is 0 Å². The van der Waals surface area contributed by atoms with E-state index in [1.807, 2.05) is 0 Å². The second-order valence-electron chi connectivity index (χ2n) is 4.59. The molecule has 0 aliphatic carbocycles. The van der Waals surface area contributed by atoms with E-state index >= 15 is 0 Å². The number of hydrogen-bond donors (Lipinski definition) is 3. The summed E-state index contributed by atoms with van der Waals surface area (Å²) in [5.41, 5.74) is -0.167. The molecule has 1 heterocycles. The summed E-state index contributed by atoms with van der Waals surface area (Å²) in [6, 6.07) is 4.29. The smallest absolute Gasteiger partial charge is 0.356 e. The minimum absolute atomic E-state index is 0.116. The van der Waals surface area contributed by atoms with Crippen LogP contribution in [-0.4, -0.2) is 39.6 Å². The highest BCUT2D eigenvalue weighted by molar-refractivity contribution is 7.90. The number of halogens is 3. The van der Waals surface area contributed by atoms with Crippen molar-refractivity contribution >= 4 is 27.6 Å². The van der Waals surface area contributed by atoms with Crippen molar-refractivity contribution in [3.63, 3.8) is 0 Å². The lowest BCUT2D eigenvalue weighted by atomic mass is 10.3. The van der Waals surface area contributed by atoms with Crippen LogP contribution in [0.1, 0.15) is 6.42 Å². The summed E-state index contributed by atoms with van der Waals surface area (Å²) >= 11 is 0. The van der Waals surface area contributed by atoms with Gasteiger partial charge in [0, 0.05) is 18.8 Å². The number of guanidine groups is 1. The molecular weight excluding hydrogens is 337 g/mol. The minimum Gasteiger partial charge on any atom is -0.356 e. The van der Waals surface area contributed by atoms with Crippen molar-refractivity contribution in [1.82, 2.24) is 10.0 Å². The van der Waals surface area contributed by atoms with Gasteiger partial charge < -0.3 is 10.6 Å². The average Bonchev–Trinajstić information content (AvgIpc) is 2.47. The van der Waals surface area contributed by atoms with E-state index in [0.29, 0.717) is 13.1 Å². The Morgan fingerprint density at radius 2 is 1.87 bits per heavy atom. The fourth-order valence-corrected chi connectivity index (χ4v) is 2.71. The summed E-state index contributed by atoms with van der Waals surface area (Å²) in [5, 5.41) is 4.40. The van der Waals surface area contributed by atoms with Crippen LogP contribution in [0.2, 0.25) is 0 Å². The standard InChI is InChI=1S/C12H13F3N4O3S/c13-12(14,15)10(20)18-8-2-4-9(5-3-8)23(21,22)19-11-16-6-1-7-17-11/h2-5H,1,6-7H2,(H,18,20)(H2,16,17,19). The number of carbonyl (C=O) groups is 1. The molecule has 0 spiro atoms. The summed E-state index contributed by atoms with van der Waals surface area (Å²) in [6.45, 7) is 1.08. The molecule has 0 unspecified atom stereocenters. The molecule has 23 heavy (non-hydrogen) atoms. The Hall–Kier alpha value is -2.30. The Morgan fingerprint density at radius 3 is 2.39 bits per heavy atom. The van der Waals surface area contributed by atoms with E-state index in [1.165, 1.54) is 0 Å². The van der Waals surface area contributed by atoms with Crippen molar-refractivity contribution < 1.29 is 26.4 Å². The molecule has 1 aromatic carbocycles. The fraction of sp³-hybridized carbons (Fsp3) is 0.333. The van der Waals surface area contributed by atoms with Gasteiger partial charge in [-0.25, -0.2) is 13.1 Å². The number of sulfonamides is 1. The Balaban J connectivity index is 2.09. The molecule has 0 bridgehead atoms. The molecule has 0 radical (unpaired) electrons. The van der Waals surface area contributed by atoms with Crippen molar-refractivity contribution in [3.05, 3.63) is 24.3 Å². The topological polar surface area (TPSA) is 99.7 Å². The molecule has 7 nitrogen and oxygen atoms in total. The molecule has 1 aliphatic rings. The molecule has 2 rings (SSSR count). The van der Waals surface area contributed by atoms with E-state index in [2.05, 4.69) is 15.0 Å². The maximum absolute atomic E-state index is 12.1. The van der Waals surface area contributed by atoms with Crippen LogP contribution in [0.4, 0.5) is 18.9 Å². The number of anilines is 1. The van der Waals surface area contributed by atoms with E-state index in [0.717, 1.165) is 30.7 Å². The van der Waals surface area contributed by atoms with Gasteiger partial charge in [0.1, 0.15) is 0 Å². The summed E-state index contributed by atoms with van der Waals surface area (Å²) in [7, 11) is -3.91. The van der Waals surface area contributed by atoms with E-state index in [-0.39, 0.29) is 16.5 Å². The lowest BCUT2D eigenvalue weighted by Gasteiger charge is -2.16. The van der Waals surface area contributed by atoms with Crippen LogP contribution in [0, 0.1) is 0 Å². The highest BCUT2D eigenvalue weighted by atomic mass is 32.2. The van der Waals surface area contributed by atoms with Crippen molar-refractivity contribution in [2.24, 2.45) is 4.99 Å². The van der Waals surface area contributed by atoms with Gasteiger partial charge >= 0.3 is 12.1 Å². The molecule has 0 saturated carbocycles. The number of nitrogens with zero attached hydrogens (tertiary/aromatic N) is 1. The number of amides is 1. The molecule has 1 aliphatic heterocycles. The van der Waals surface area contributed by atoms with Gasteiger partial charge in [0.05, 0.1) is 4.90 Å². The van der Waals surface area contributed by atoms with Crippen molar-refractivity contribution in [2.45, 2.75) is 17.5 Å². The van der Waals surface area contributed by atoms with E-state index in [9.17, 15) is 26.4 Å². The third-order valence-corrected chi connectivity index (χ3v) is 4.16. The van der Waals surface area contributed by atoms with E-state index in [4.69, 9.17) is 0 Å². The molecule has 0 atom stereocenters. The zero-order valence-electron chi connectivity index (χ0n) is 11.6. The quantitative estimate of drug-likeness (QED) is 0.751. The molecule has 0 fully saturated rings. The molecule has 11 heteroatoms. The molecule has 126 valence electrons. The number of carbonyl (C=O) groups excluding carboxylic acids is 1. The van der Waals surface area contributed by atoms with Gasteiger partial charge in [-0.05, 0) is 30.7 Å². The first-order valence-corrected chi connectivity index (χ1v) is 7.96. The van der Waals surface area contributed by atoms with Crippen molar-refractivity contribution in [2.75, 3.05) is 18.4 Å². The predicted molar refractivity (Wildman–Crippen MR) is 76.4 cm³/mol. The first-order chi connectivity index (χ1) is 10.7. The molecular formula is C12H13F3N4O3S. The van der Waals surface area contributed by atoms with Gasteiger partial charge in [-0.15, -0.1) is 0 Å². The van der Waals surface area contributed by atoms with Crippen LogP contribution in [0.15, 0.2) is 34.2 Å². The van der Waals surface area contributed by atoms with Gasteiger partial charge in [-0.3, -0.25) is 9.79 Å². The third-order valence-electron chi connectivity index (χ3n) is 2.81. The monoisotopic (exact) mass is 350 g/mol. The Kier molecular flexibility index (Phi) is 4.78. The van der Waals surface area contributed by atoms with Gasteiger partial charge in [-0.2, -0.15) is 13.2 Å². The Bertz CT molecular complexity index is 714. The number of rotatable bonds is 3. The number of alkyl halides is 3. The maximum atomic E-state index is 12.1. The third kappa shape index (κ3) is 4.58. The summed E-state index contributed by atoms with van der Waals surface area (Å²) < 4.78 is 62.8. The lowest BCUT2D eigenvalue weighted by Crippen LogP contribution is -2.43. The number of nitrogens with one attached hydrogen (secondary N) is 3. The molecule has 1 amide bonds. The van der Waals surface area contributed by atoms with Gasteiger partial charge in [0.25, 0.3) is 10.0 Å². The molecule has 0 aromatic heterocycles. The van der Waals surface area contributed by atoms with Crippen molar-refractivity contribution in [1.29, 1.82) is 0 Å². The van der Waals surface area contributed by atoms with Crippen LogP contribution in [0.5, 0.6) is 0 Å². The average molecular weight is 350 g/mol. The lowest BCUT2D eigenvalue weighted by molar-refractivity contribution is -0.167. The van der Waals surface area contributed by atoms with Crippen LogP contribution < -0.4 is 15.4 Å². The van der Waals surface area contributed by atoms with E-state index in [1.54, 1.807) is 5.32 Å². The highest BCUT2D eigenvalue weighted by Crippen LogP contribution is 2.19. The van der Waals surface area contributed by atoms with Crippen LogP contribution in [-0.2, 0) is 14.8 Å². The number of hydrogen-bond acceptors (Lipinski definition) is 5. The van der Waals surface area contributed by atoms with Crippen LogP contribution in [0.25, 0.3) is 0 Å². The minimum atomic E-state index is -5.02. The van der Waals surface area contributed by atoms with Gasteiger partial charge in [0.2, 0.25) is 5.96 Å². The maximum Gasteiger partial charge on any atom is 0.471 e. The van der Waals surface area contributed by atoms with Gasteiger partial charge in [0.15, 0.2) is 0 Å². The molecule has 0 saturated heterocycles. The second-order valence-corrected chi connectivity index (χ2v) is 6.27. The van der Waals surface area contributed by atoms with Crippen LogP contribution >= 0.6 is 0 Å². The van der Waals surface area contributed by atoms with Crippen LogP contribution in [0.3, 0.4) is 0 Å². The number of aliphatic imine (C=N–C) groups is 1. The molecule has 3 N–H and O–H groups in total. The SMILES string of the molecule is O=C(Nc1ccc(S(=O)(=O)NC2=NCCCN2)cc1)C(F)(F)F. The highest BCUT2D eigenvalue weighted by Gasteiger charge is 2.38. The Morgan fingerprint density at radius 1 is 1.22 bits per heavy atom. The first kappa shape index (κ1) is 17.1. The zero-order valence-corrected chi connectivity index (χ0v) is 12.5. The normalized spacial score (nSPS) is 15.3. The summed E-state index contributed by atoms with van der Waals surface area (Å²) in [5.74, 6) is -2.02.